The zero-order valence-electron chi connectivity index (χ0n) is 58.9. The number of carbonyl (C=O) groups excluding carboxylic acids is 1. The van der Waals surface area contributed by atoms with Gasteiger partial charge in [-0.3, -0.25) is 9.36 Å². The minimum atomic E-state index is -4.58. The van der Waals surface area contributed by atoms with Gasteiger partial charge in [-0.2, -0.15) is 0 Å². The normalized spacial score (nSPS) is 14.0. The van der Waals surface area contributed by atoms with E-state index in [2.05, 4.69) is 104 Å². The molecule has 2 N–H and O–H groups in total. The Labute approximate surface area is 547 Å². The largest absolute Gasteiger partial charge is 0.756 e. The van der Waals surface area contributed by atoms with Crippen LogP contribution in [0.15, 0.2) is 85.1 Å². The van der Waals surface area contributed by atoms with Crippen molar-refractivity contribution in [3.8, 4) is 0 Å². The number of phosphoric ester groups is 1. The lowest BCUT2D eigenvalue weighted by Crippen LogP contribution is -2.46. The summed E-state index contributed by atoms with van der Waals surface area (Å²) in [6, 6.07) is -0.804. The number of carbonyl (C=O) groups is 1. The van der Waals surface area contributed by atoms with E-state index >= 15 is 0 Å². The number of nitrogens with one attached hydrogen (secondary N) is 1. The number of rotatable bonds is 70. The summed E-state index contributed by atoms with van der Waals surface area (Å²) in [7, 11) is 1.32. The number of phosphoric acid groups is 1. The highest BCUT2D eigenvalue weighted by molar-refractivity contribution is 7.45. The number of amides is 1. The molecule has 9 heteroatoms. The van der Waals surface area contributed by atoms with Crippen molar-refractivity contribution in [3.05, 3.63) is 85.1 Å². The van der Waals surface area contributed by atoms with Crippen molar-refractivity contribution in [1.29, 1.82) is 0 Å². The van der Waals surface area contributed by atoms with E-state index in [4.69, 9.17) is 9.05 Å². The summed E-state index contributed by atoms with van der Waals surface area (Å²) in [5.74, 6) is -0.159. The van der Waals surface area contributed by atoms with Crippen LogP contribution in [0.1, 0.15) is 361 Å². The summed E-state index contributed by atoms with van der Waals surface area (Å²) in [6.45, 7) is 4.65. The standard InChI is InChI=1S/C79H147N2O6P/c1-6-8-10-12-14-16-18-20-22-24-26-28-30-32-33-34-35-36-37-38-39-40-41-42-43-44-45-46-47-49-51-53-55-57-59-61-63-65-67-69-71-73-79(83)80-77(76-87-88(84,85)86-75-74-81(3,4)5)78(82)72-70-68-66-64-62-60-58-56-54-52-50-48-31-29-27-25-23-21-19-17-15-13-11-9-7-2/h8,10,14,16,20,22,26,28,32-33,35-36,38-39,77-78,82H,6-7,9,11-13,15,17-19,21,23-25,27,29-31,34,37,40-76H2,1-5H3,(H-,80,83,84,85)/b10-8-,16-14-,22-20-,28-26-,33-32-,36-35-,39-38-. The highest BCUT2D eigenvalue weighted by Crippen LogP contribution is 2.38. The summed E-state index contributed by atoms with van der Waals surface area (Å²) in [5, 5.41) is 14.1. The van der Waals surface area contributed by atoms with E-state index in [1.807, 2.05) is 21.1 Å². The molecule has 514 valence electrons. The molecule has 0 radical (unpaired) electrons. The molecule has 0 bridgehead atoms. The van der Waals surface area contributed by atoms with Gasteiger partial charge in [-0.1, -0.05) is 369 Å². The molecule has 1 amide bonds. The molecule has 0 aromatic heterocycles. The maximum atomic E-state index is 13.1. The van der Waals surface area contributed by atoms with Gasteiger partial charge in [0.2, 0.25) is 5.91 Å². The van der Waals surface area contributed by atoms with Gasteiger partial charge in [-0.05, 0) is 70.6 Å². The summed E-state index contributed by atoms with van der Waals surface area (Å²) in [4.78, 5) is 25.7. The first-order valence-electron chi connectivity index (χ1n) is 37.9. The van der Waals surface area contributed by atoms with E-state index in [1.165, 1.54) is 250 Å². The number of hydrogen-bond acceptors (Lipinski definition) is 6. The van der Waals surface area contributed by atoms with Gasteiger partial charge in [0, 0.05) is 6.42 Å². The second-order valence-electron chi connectivity index (χ2n) is 27.0. The van der Waals surface area contributed by atoms with Gasteiger partial charge in [0.25, 0.3) is 7.82 Å². The average molecular weight is 1250 g/mol. The fourth-order valence-corrected chi connectivity index (χ4v) is 12.0. The molecule has 0 rings (SSSR count). The van der Waals surface area contributed by atoms with Crippen LogP contribution in [0.5, 0.6) is 0 Å². The molecule has 8 nitrogen and oxygen atoms in total. The summed E-state index contributed by atoms with van der Waals surface area (Å²) in [6.07, 6.45) is 98.2. The predicted octanol–water partition coefficient (Wildman–Crippen LogP) is 24.0. The molecule has 0 aliphatic rings. The van der Waals surface area contributed by atoms with Crippen LogP contribution in [-0.2, 0) is 18.4 Å². The molecule has 88 heavy (non-hydrogen) atoms. The second kappa shape index (κ2) is 69.0. The third-order valence-corrected chi connectivity index (χ3v) is 18.1. The van der Waals surface area contributed by atoms with Crippen molar-refractivity contribution in [2.45, 2.75) is 373 Å². The Morgan fingerprint density at radius 2 is 0.693 bits per heavy atom. The summed E-state index contributed by atoms with van der Waals surface area (Å²) in [5.41, 5.74) is 0. The molecule has 0 saturated carbocycles. The quantitative estimate of drug-likeness (QED) is 0.0272. The van der Waals surface area contributed by atoms with Crippen molar-refractivity contribution in [3.63, 3.8) is 0 Å². The van der Waals surface area contributed by atoms with Gasteiger partial charge in [0.05, 0.1) is 39.9 Å². The molecule has 0 fully saturated rings. The van der Waals surface area contributed by atoms with E-state index in [0.29, 0.717) is 23.9 Å². The van der Waals surface area contributed by atoms with Gasteiger partial charge in [-0.25, -0.2) is 0 Å². The van der Waals surface area contributed by atoms with E-state index < -0.39 is 20.0 Å². The SMILES string of the molecule is CC/C=C\C/C=C\C/C=C\C/C=C\C/C=C\C/C=C\C/C=C\CCCCCCCCCCCCCCCCCCCCCC(=O)NC(COP(=O)([O-])OCC[N+](C)(C)C)C(O)CCCCCCCCCCCCCCCCCCCCCCCCCCC. The number of quaternary nitrogens is 1. The third kappa shape index (κ3) is 71.1. The highest BCUT2D eigenvalue weighted by atomic mass is 31.2. The van der Waals surface area contributed by atoms with Crippen molar-refractivity contribution in [2.24, 2.45) is 0 Å². The Hall–Kier alpha value is -2.32. The monoisotopic (exact) mass is 1250 g/mol. The summed E-state index contributed by atoms with van der Waals surface area (Å²) < 4.78 is 23.6. The van der Waals surface area contributed by atoms with E-state index in [-0.39, 0.29) is 19.1 Å². The zero-order valence-corrected chi connectivity index (χ0v) is 59.8. The number of hydrogen-bond donors (Lipinski definition) is 2. The van der Waals surface area contributed by atoms with E-state index in [1.54, 1.807) is 0 Å². The fraction of sp³-hybridized carbons (Fsp3) is 0.810. The molecule has 0 saturated heterocycles. The Morgan fingerprint density at radius 1 is 0.409 bits per heavy atom. The molecule has 0 aliphatic heterocycles. The van der Waals surface area contributed by atoms with Gasteiger partial charge in [-0.15, -0.1) is 0 Å². The Balaban J connectivity index is 3.95. The summed E-state index contributed by atoms with van der Waals surface area (Å²) >= 11 is 0. The smallest absolute Gasteiger partial charge is 0.268 e. The maximum absolute atomic E-state index is 13.1. The van der Waals surface area contributed by atoms with E-state index in [0.717, 1.165) is 83.5 Å². The fourth-order valence-electron chi connectivity index (χ4n) is 11.3. The third-order valence-electron chi connectivity index (χ3n) is 17.1. The number of nitrogens with zero attached hydrogens (tertiary/aromatic N) is 1. The molecule has 0 spiro atoms. The van der Waals surface area contributed by atoms with Gasteiger partial charge < -0.3 is 28.8 Å². The lowest BCUT2D eigenvalue weighted by Gasteiger charge is -2.30. The highest BCUT2D eigenvalue weighted by Gasteiger charge is 2.24. The maximum Gasteiger partial charge on any atom is 0.268 e. The lowest BCUT2D eigenvalue weighted by molar-refractivity contribution is -0.870. The second-order valence-corrected chi connectivity index (χ2v) is 28.4. The number of aliphatic hydroxyl groups is 1. The number of allylic oxidation sites excluding steroid dienone is 14. The Morgan fingerprint density at radius 3 is 1.01 bits per heavy atom. The van der Waals surface area contributed by atoms with Gasteiger partial charge >= 0.3 is 0 Å². The van der Waals surface area contributed by atoms with Crippen LogP contribution in [0, 0.1) is 0 Å². The van der Waals surface area contributed by atoms with Crippen LogP contribution in [-0.4, -0.2) is 68.5 Å². The molecule has 0 aliphatic carbocycles. The van der Waals surface area contributed by atoms with Crippen LogP contribution in [0.25, 0.3) is 0 Å². The zero-order chi connectivity index (χ0) is 64.1. The number of likely N-dealkylation sites (N-methyl/N-ethyl adjacent to an activating group) is 1. The molecular weight excluding hydrogens is 1100 g/mol. The first kappa shape index (κ1) is 85.7. The van der Waals surface area contributed by atoms with Crippen molar-refractivity contribution in [2.75, 3.05) is 40.9 Å². The Bertz CT molecular complexity index is 1710. The minimum absolute atomic E-state index is 0.0123. The Kier molecular flexibility index (Phi) is 67.2. The van der Waals surface area contributed by atoms with Crippen molar-refractivity contribution >= 4 is 13.7 Å². The minimum Gasteiger partial charge on any atom is -0.756 e. The first-order valence-corrected chi connectivity index (χ1v) is 39.4. The molecule has 0 heterocycles. The van der Waals surface area contributed by atoms with Crippen LogP contribution >= 0.6 is 7.82 Å². The van der Waals surface area contributed by atoms with Gasteiger partial charge in [0.15, 0.2) is 0 Å². The van der Waals surface area contributed by atoms with E-state index in [9.17, 15) is 19.4 Å². The van der Waals surface area contributed by atoms with Crippen LogP contribution in [0.4, 0.5) is 0 Å². The molecule has 0 aromatic rings. The lowest BCUT2D eigenvalue weighted by atomic mass is 10.0. The first-order chi connectivity index (χ1) is 43.0. The topological polar surface area (TPSA) is 108 Å². The van der Waals surface area contributed by atoms with Crippen LogP contribution in [0.2, 0.25) is 0 Å². The molecular formula is C79H147N2O6P. The van der Waals surface area contributed by atoms with Crippen LogP contribution < -0.4 is 10.2 Å². The molecule has 0 aromatic carbocycles. The number of unbranched alkanes of at least 4 members (excludes halogenated alkanes) is 43. The van der Waals surface area contributed by atoms with Gasteiger partial charge in [0.1, 0.15) is 13.2 Å². The molecule has 3 unspecified atom stereocenters. The van der Waals surface area contributed by atoms with Crippen molar-refractivity contribution < 1.29 is 32.9 Å². The average Bonchev–Trinajstić information content (AvgIpc) is 3.71. The van der Waals surface area contributed by atoms with Crippen LogP contribution in [0.3, 0.4) is 0 Å². The number of aliphatic hydroxyl groups excluding tert-OH is 1. The molecule has 3 atom stereocenters. The predicted molar refractivity (Wildman–Crippen MR) is 385 cm³/mol. The van der Waals surface area contributed by atoms with Crippen molar-refractivity contribution in [1.82, 2.24) is 5.32 Å².